The average molecular weight is 396 g/mol. The molecule has 0 atom stereocenters. The van der Waals surface area contributed by atoms with Crippen LogP contribution in [0.15, 0.2) is 47.6 Å². The summed E-state index contributed by atoms with van der Waals surface area (Å²) in [4.78, 5) is 3.90. The zero-order valence-electron chi connectivity index (χ0n) is 14.4. The molecular weight excluding hydrogens is 374 g/mol. The molecule has 0 spiro atoms. The Balaban J connectivity index is 1.90. The van der Waals surface area contributed by atoms with Gasteiger partial charge in [0.15, 0.2) is 0 Å². The second-order valence-corrected chi connectivity index (χ2v) is 9.82. The maximum atomic E-state index is 12.5. The van der Waals surface area contributed by atoms with Gasteiger partial charge in [-0.05, 0) is 55.2 Å². The number of hydrogen-bond donors (Lipinski definition) is 1. The number of anilines is 2. The van der Waals surface area contributed by atoms with Crippen molar-refractivity contribution in [2.24, 2.45) is 0 Å². The molecule has 2 heterocycles. The summed E-state index contributed by atoms with van der Waals surface area (Å²) in [6, 6.07) is 7.98. The minimum Gasteiger partial charge on any atom is -0.280 e. The van der Waals surface area contributed by atoms with Crippen molar-refractivity contribution < 1.29 is 16.8 Å². The zero-order chi connectivity index (χ0) is 18.8. The van der Waals surface area contributed by atoms with E-state index < -0.39 is 20.0 Å². The van der Waals surface area contributed by atoms with E-state index in [1.54, 1.807) is 24.3 Å². The van der Waals surface area contributed by atoms with Gasteiger partial charge in [0.25, 0.3) is 10.0 Å². The topological polar surface area (TPSA) is 96.4 Å². The second-order valence-electron chi connectivity index (χ2n) is 6.13. The molecule has 0 fully saturated rings. The number of nitrogens with one attached hydrogen (secondary N) is 1. The van der Waals surface area contributed by atoms with Crippen LogP contribution in [-0.4, -0.2) is 34.1 Å². The van der Waals surface area contributed by atoms with Crippen LogP contribution in [0.4, 0.5) is 11.4 Å². The highest BCUT2D eigenvalue weighted by molar-refractivity contribution is 7.93. The molecule has 0 saturated carbocycles. The van der Waals surface area contributed by atoms with E-state index in [1.807, 2.05) is 6.92 Å². The number of hydrogen-bond acceptors (Lipinski definition) is 5. The molecule has 0 saturated heterocycles. The Morgan fingerprint density at radius 1 is 1.19 bits per heavy atom. The van der Waals surface area contributed by atoms with E-state index in [2.05, 4.69) is 9.71 Å². The predicted octanol–water partition coefficient (Wildman–Crippen LogP) is 2.37. The van der Waals surface area contributed by atoms with Gasteiger partial charge in [-0.3, -0.25) is 14.0 Å². The summed E-state index contributed by atoms with van der Waals surface area (Å²) in [7, 11) is -7.09. The number of rotatable bonds is 6. The summed E-state index contributed by atoms with van der Waals surface area (Å²) in [5.41, 5.74) is 1.86. The van der Waals surface area contributed by atoms with E-state index >= 15 is 0 Å². The van der Waals surface area contributed by atoms with Crippen LogP contribution in [0.2, 0.25) is 0 Å². The number of nitrogens with zero attached hydrogens (tertiary/aromatic N) is 2. The van der Waals surface area contributed by atoms with Crippen molar-refractivity contribution in [1.29, 1.82) is 0 Å². The van der Waals surface area contributed by atoms with Gasteiger partial charge in [0.1, 0.15) is 4.90 Å². The van der Waals surface area contributed by atoms with Crippen molar-refractivity contribution >= 4 is 31.4 Å². The van der Waals surface area contributed by atoms with Crippen LogP contribution < -0.4 is 9.03 Å². The number of sulfonamides is 2. The lowest BCUT2D eigenvalue weighted by atomic mass is 10.0. The van der Waals surface area contributed by atoms with Crippen molar-refractivity contribution in [3.8, 4) is 0 Å². The first-order valence-corrected chi connectivity index (χ1v) is 11.5. The normalized spacial score (nSPS) is 14.7. The molecule has 1 aliphatic rings. The van der Waals surface area contributed by atoms with Gasteiger partial charge in [-0.25, -0.2) is 16.8 Å². The maximum Gasteiger partial charge on any atom is 0.263 e. The summed E-state index contributed by atoms with van der Waals surface area (Å²) < 4.78 is 53.7. The number of benzene rings is 1. The Kier molecular flexibility index (Phi) is 5.19. The van der Waals surface area contributed by atoms with E-state index in [4.69, 9.17) is 0 Å². The van der Waals surface area contributed by atoms with E-state index in [0.29, 0.717) is 37.2 Å². The SMILES string of the molecule is CCCS(=O)(=O)N1CCCc2cc(NS(=O)(=O)c3cccnc3)ccc21. The van der Waals surface area contributed by atoms with Gasteiger partial charge in [0.05, 0.1) is 11.4 Å². The summed E-state index contributed by atoms with van der Waals surface area (Å²) in [6.45, 7) is 2.29. The first kappa shape index (κ1) is 18.7. The second kappa shape index (κ2) is 7.24. The number of pyridine rings is 1. The molecule has 1 N–H and O–H groups in total. The highest BCUT2D eigenvalue weighted by Gasteiger charge is 2.27. The first-order chi connectivity index (χ1) is 12.3. The van der Waals surface area contributed by atoms with Crippen molar-refractivity contribution in [3.05, 3.63) is 48.3 Å². The molecule has 0 unspecified atom stereocenters. The van der Waals surface area contributed by atoms with E-state index in [9.17, 15) is 16.8 Å². The predicted molar refractivity (Wildman–Crippen MR) is 101 cm³/mol. The molecule has 0 radical (unpaired) electrons. The Morgan fingerprint density at radius 2 is 2.00 bits per heavy atom. The van der Waals surface area contributed by atoms with E-state index in [-0.39, 0.29) is 10.6 Å². The Hall–Kier alpha value is -2.13. The Labute approximate surface area is 154 Å². The monoisotopic (exact) mass is 395 g/mol. The molecule has 1 aromatic heterocycles. The van der Waals surface area contributed by atoms with Gasteiger partial charge < -0.3 is 0 Å². The lowest BCUT2D eigenvalue weighted by Gasteiger charge is -2.30. The summed E-state index contributed by atoms with van der Waals surface area (Å²) >= 11 is 0. The van der Waals surface area contributed by atoms with Crippen molar-refractivity contribution in [2.75, 3.05) is 21.3 Å². The summed E-state index contributed by atoms with van der Waals surface area (Å²) in [5, 5.41) is 0. The van der Waals surface area contributed by atoms with Crippen LogP contribution in [0.25, 0.3) is 0 Å². The fourth-order valence-electron chi connectivity index (χ4n) is 3.00. The van der Waals surface area contributed by atoms with Crippen LogP contribution in [0.3, 0.4) is 0 Å². The molecule has 0 amide bonds. The minimum atomic E-state index is -3.73. The summed E-state index contributed by atoms with van der Waals surface area (Å²) in [6.07, 6.45) is 4.74. The third-order valence-corrected chi connectivity index (χ3v) is 7.49. The van der Waals surface area contributed by atoms with Crippen LogP contribution >= 0.6 is 0 Å². The van der Waals surface area contributed by atoms with Crippen LogP contribution in [0.5, 0.6) is 0 Å². The Morgan fingerprint density at radius 3 is 2.69 bits per heavy atom. The quantitative estimate of drug-likeness (QED) is 0.810. The molecule has 3 rings (SSSR count). The molecule has 1 aliphatic heterocycles. The molecule has 2 aromatic rings. The summed E-state index contributed by atoms with van der Waals surface area (Å²) in [5.74, 6) is 0.0990. The average Bonchev–Trinajstić information content (AvgIpc) is 2.61. The number of aryl methyl sites for hydroxylation is 1. The molecule has 140 valence electrons. The van der Waals surface area contributed by atoms with Gasteiger partial charge in [0, 0.05) is 24.6 Å². The third-order valence-electron chi connectivity index (χ3n) is 4.15. The minimum absolute atomic E-state index is 0.0740. The lowest BCUT2D eigenvalue weighted by Crippen LogP contribution is -2.37. The standard InChI is InChI=1S/C17H21N3O4S2/c1-2-11-25(21,22)20-10-4-5-14-12-15(7-8-17(14)20)19-26(23,24)16-6-3-9-18-13-16/h3,6-9,12-13,19H,2,4-5,10-11H2,1H3. The van der Waals surface area contributed by atoms with Gasteiger partial charge in [-0.1, -0.05) is 6.92 Å². The number of fused-ring (bicyclic) bond motifs is 1. The molecule has 0 aliphatic carbocycles. The van der Waals surface area contributed by atoms with Gasteiger partial charge in [0.2, 0.25) is 10.0 Å². The van der Waals surface area contributed by atoms with Gasteiger partial charge in [-0.15, -0.1) is 0 Å². The molecule has 1 aromatic carbocycles. The van der Waals surface area contributed by atoms with E-state index in [1.165, 1.54) is 22.8 Å². The maximum absolute atomic E-state index is 12.5. The smallest absolute Gasteiger partial charge is 0.263 e. The third kappa shape index (κ3) is 3.83. The molecular formula is C17H21N3O4S2. The molecule has 9 heteroatoms. The lowest BCUT2D eigenvalue weighted by molar-refractivity contribution is 0.585. The van der Waals surface area contributed by atoms with Crippen LogP contribution in [-0.2, 0) is 26.5 Å². The first-order valence-electron chi connectivity index (χ1n) is 8.40. The van der Waals surface area contributed by atoms with Crippen molar-refractivity contribution in [1.82, 2.24) is 4.98 Å². The zero-order valence-corrected chi connectivity index (χ0v) is 16.1. The Bertz CT molecular complexity index is 990. The molecule has 0 bridgehead atoms. The van der Waals surface area contributed by atoms with Crippen LogP contribution in [0, 0.1) is 0 Å². The highest BCUT2D eigenvalue weighted by Crippen LogP contribution is 2.32. The fraction of sp³-hybridized carbons (Fsp3) is 0.353. The molecule has 26 heavy (non-hydrogen) atoms. The van der Waals surface area contributed by atoms with Gasteiger partial charge >= 0.3 is 0 Å². The van der Waals surface area contributed by atoms with Crippen LogP contribution in [0.1, 0.15) is 25.3 Å². The molecule has 7 nitrogen and oxygen atoms in total. The highest BCUT2D eigenvalue weighted by atomic mass is 32.2. The van der Waals surface area contributed by atoms with Crippen molar-refractivity contribution in [2.45, 2.75) is 31.1 Å². The largest absolute Gasteiger partial charge is 0.280 e. The van der Waals surface area contributed by atoms with Crippen molar-refractivity contribution in [3.63, 3.8) is 0 Å². The van der Waals surface area contributed by atoms with Gasteiger partial charge in [-0.2, -0.15) is 0 Å². The number of aromatic nitrogens is 1. The fourth-order valence-corrected chi connectivity index (χ4v) is 5.64. The van der Waals surface area contributed by atoms with E-state index in [0.717, 1.165) is 5.56 Å².